The Bertz CT molecular complexity index is 1490. The van der Waals surface area contributed by atoms with Gasteiger partial charge in [-0.2, -0.15) is 0 Å². The highest BCUT2D eigenvalue weighted by Crippen LogP contribution is 2.52. The summed E-state index contributed by atoms with van der Waals surface area (Å²) in [7, 11) is 4.91. The molecule has 39 heavy (non-hydrogen) atoms. The Morgan fingerprint density at radius 2 is 1.85 bits per heavy atom. The molecule has 0 bridgehead atoms. The summed E-state index contributed by atoms with van der Waals surface area (Å²) in [6, 6.07) is 12.1. The second kappa shape index (κ2) is 10.2. The zero-order chi connectivity index (χ0) is 27.9. The third kappa shape index (κ3) is 4.68. The van der Waals surface area contributed by atoms with Crippen LogP contribution in [-0.4, -0.2) is 53.8 Å². The van der Waals surface area contributed by atoms with E-state index in [-0.39, 0.29) is 35.7 Å². The van der Waals surface area contributed by atoms with Crippen molar-refractivity contribution in [2.24, 2.45) is 0 Å². The number of hydrogen-bond donors (Lipinski definition) is 1. The van der Waals surface area contributed by atoms with E-state index in [1.807, 2.05) is 30.3 Å². The van der Waals surface area contributed by atoms with Gasteiger partial charge in [-0.15, -0.1) is 0 Å². The molecule has 11 heteroatoms. The standard InChI is InChI=1S/C28H28F2N4O5/c1-32(2)34-26(37)22-24(39-16-17-7-5-4-6-8-17)23(35)20(15-33(22)28(11-12-28)27(34)38-3)25(36)31-14-18-9-10-19(29)13-21(18)30/h4-10,13,15,27H,11-12,14,16H2,1-3H3,(H,31,36). The third-order valence-corrected chi connectivity index (χ3v) is 7.08. The number of pyridine rings is 1. The lowest BCUT2D eigenvalue weighted by molar-refractivity contribution is -0.142. The van der Waals surface area contributed by atoms with Crippen LogP contribution in [0.2, 0.25) is 0 Å². The fourth-order valence-electron chi connectivity index (χ4n) is 4.99. The first-order valence-corrected chi connectivity index (χ1v) is 12.4. The minimum Gasteiger partial charge on any atom is -0.483 e. The number of halogens is 2. The van der Waals surface area contributed by atoms with E-state index in [0.717, 1.165) is 11.6 Å². The van der Waals surface area contributed by atoms with Crippen LogP contribution in [0.1, 0.15) is 44.8 Å². The van der Waals surface area contributed by atoms with Gasteiger partial charge in [-0.3, -0.25) is 14.4 Å². The summed E-state index contributed by atoms with van der Waals surface area (Å²) in [5, 5.41) is 5.57. The van der Waals surface area contributed by atoms with Gasteiger partial charge in [0.15, 0.2) is 17.7 Å². The predicted molar refractivity (Wildman–Crippen MR) is 137 cm³/mol. The van der Waals surface area contributed by atoms with E-state index < -0.39 is 40.6 Å². The average molecular weight is 539 g/mol. The van der Waals surface area contributed by atoms with Crippen molar-refractivity contribution < 1.29 is 27.8 Å². The minimum atomic E-state index is -0.821. The van der Waals surface area contributed by atoms with Crippen LogP contribution in [0.25, 0.3) is 0 Å². The Labute approximate surface area is 223 Å². The number of nitrogens with one attached hydrogen (secondary N) is 1. The lowest BCUT2D eigenvalue weighted by Crippen LogP contribution is -2.61. The number of hydrogen-bond acceptors (Lipinski definition) is 6. The van der Waals surface area contributed by atoms with Crippen LogP contribution in [-0.2, 0) is 23.4 Å². The molecular weight excluding hydrogens is 510 g/mol. The van der Waals surface area contributed by atoms with Crippen LogP contribution in [0.15, 0.2) is 59.5 Å². The molecule has 1 unspecified atom stereocenters. The Hall–Kier alpha value is -4.09. The molecule has 1 fully saturated rings. The lowest BCUT2D eigenvalue weighted by atomic mass is 10.0. The average Bonchev–Trinajstić information content (AvgIpc) is 3.70. The van der Waals surface area contributed by atoms with Crippen molar-refractivity contribution in [3.8, 4) is 5.75 Å². The Morgan fingerprint density at radius 1 is 1.13 bits per heavy atom. The van der Waals surface area contributed by atoms with E-state index in [9.17, 15) is 23.2 Å². The molecule has 1 aliphatic carbocycles. The SMILES string of the molecule is COC1N(N(C)C)C(=O)c2c(OCc3ccccc3)c(=O)c(C(=O)NCc3ccc(F)cc3F)cn2C12CC2. The number of carbonyl (C=O) groups excluding carboxylic acids is 2. The number of rotatable bonds is 8. The summed E-state index contributed by atoms with van der Waals surface area (Å²) in [6.45, 7) is -0.281. The summed E-state index contributed by atoms with van der Waals surface area (Å²) in [5.74, 6) is -3.11. The molecule has 1 saturated carbocycles. The van der Waals surface area contributed by atoms with Crippen LogP contribution >= 0.6 is 0 Å². The quantitative estimate of drug-likeness (QED) is 0.474. The summed E-state index contributed by atoms with van der Waals surface area (Å²) < 4.78 is 40.8. The second-order valence-electron chi connectivity index (χ2n) is 9.80. The number of nitrogens with zero attached hydrogens (tertiary/aromatic N) is 3. The molecule has 204 valence electrons. The summed E-state index contributed by atoms with van der Waals surface area (Å²) in [6.07, 6.45) is 1.95. The summed E-state index contributed by atoms with van der Waals surface area (Å²) in [5.41, 5.74) is -0.904. The smallest absolute Gasteiger partial charge is 0.291 e. The zero-order valence-corrected chi connectivity index (χ0v) is 21.7. The maximum Gasteiger partial charge on any atom is 0.291 e. The van der Waals surface area contributed by atoms with Gasteiger partial charge in [0.05, 0.1) is 5.54 Å². The molecule has 1 aliphatic heterocycles. The van der Waals surface area contributed by atoms with Crippen molar-refractivity contribution in [1.29, 1.82) is 0 Å². The number of carbonyl (C=O) groups is 2. The van der Waals surface area contributed by atoms with Gasteiger partial charge in [0.1, 0.15) is 23.8 Å². The molecule has 1 aromatic heterocycles. The number of fused-ring (bicyclic) bond motifs is 2. The Kier molecular flexibility index (Phi) is 6.96. The van der Waals surface area contributed by atoms with E-state index >= 15 is 0 Å². The number of benzene rings is 2. The molecule has 1 N–H and O–H groups in total. The summed E-state index contributed by atoms with van der Waals surface area (Å²) in [4.78, 5) is 40.7. The normalized spacial score (nSPS) is 17.3. The van der Waals surface area contributed by atoms with Crippen LogP contribution < -0.4 is 15.5 Å². The molecule has 9 nitrogen and oxygen atoms in total. The first-order chi connectivity index (χ1) is 18.7. The highest BCUT2D eigenvalue weighted by molar-refractivity contribution is 5.99. The molecule has 5 rings (SSSR count). The molecular formula is C28H28F2N4O5. The van der Waals surface area contributed by atoms with E-state index in [2.05, 4.69) is 5.32 Å². The maximum absolute atomic E-state index is 14.1. The van der Waals surface area contributed by atoms with Gasteiger partial charge >= 0.3 is 0 Å². The van der Waals surface area contributed by atoms with Gasteiger partial charge in [-0.05, 0) is 24.5 Å². The molecule has 2 heterocycles. The summed E-state index contributed by atoms with van der Waals surface area (Å²) >= 11 is 0. The van der Waals surface area contributed by atoms with E-state index in [4.69, 9.17) is 9.47 Å². The van der Waals surface area contributed by atoms with Crippen molar-refractivity contribution in [3.63, 3.8) is 0 Å². The van der Waals surface area contributed by atoms with Gasteiger partial charge < -0.3 is 19.4 Å². The molecule has 2 aliphatic rings. The third-order valence-electron chi connectivity index (χ3n) is 7.08. The molecule has 1 atom stereocenters. The Morgan fingerprint density at radius 3 is 2.46 bits per heavy atom. The van der Waals surface area contributed by atoms with Crippen LogP contribution in [0, 0.1) is 11.6 Å². The lowest BCUT2D eigenvalue weighted by Gasteiger charge is -2.45. The van der Waals surface area contributed by atoms with Crippen molar-refractivity contribution in [2.75, 3.05) is 21.2 Å². The van der Waals surface area contributed by atoms with Gasteiger partial charge in [0.25, 0.3) is 11.8 Å². The first-order valence-electron chi connectivity index (χ1n) is 12.4. The zero-order valence-electron chi connectivity index (χ0n) is 21.7. The van der Waals surface area contributed by atoms with Crippen LogP contribution in [0.5, 0.6) is 5.75 Å². The highest BCUT2D eigenvalue weighted by atomic mass is 19.1. The maximum atomic E-state index is 14.1. The number of aromatic nitrogens is 1. The first kappa shape index (κ1) is 26.5. The van der Waals surface area contributed by atoms with E-state index in [1.54, 1.807) is 23.7 Å². The van der Waals surface area contributed by atoms with Gasteiger partial charge in [0.2, 0.25) is 5.43 Å². The number of ether oxygens (including phenoxy) is 2. The van der Waals surface area contributed by atoms with Crippen molar-refractivity contribution in [3.05, 3.63) is 99.0 Å². The van der Waals surface area contributed by atoms with Crippen molar-refractivity contribution >= 4 is 11.8 Å². The highest BCUT2D eigenvalue weighted by Gasteiger charge is 2.60. The number of amides is 2. The Balaban J connectivity index is 1.59. The number of methoxy groups -OCH3 is 1. The topological polar surface area (TPSA) is 93.1 Å². The molecule has 0 saturated heterocycles. The predicted octanol–water partition coefficient (Wildman–Crippen LogP) is 3.03. The fraction of sp³-hybridized carbons (Fsp3) is 0.321. The molecule has 2 amide bonds. The van der Waals surface area contributed by atoms with Gasteiger partial charge in [-0.1, -0.05) is 36.4 Å². The molecule has 1 spiro atoms. The minimum absolute atomic E-state index is 0.00903. The van der Waals surface area contributed by atoms with Gasteiger partial charge in [-0.25, -0.2) is 18.8 Å². The monoisotopic (exact) mass is 538 g/mol. The number of hydrazine groups is 1. The van der Waals surface area contributed by atoms with Crippen molar-refractivity contribution in [2.45, 2.75) is 37.8 Å². The second-order valence-corrected chi connectivity index (χ2v) is 9.80. The largest absolute Gasteiger partial charge is 0.483 e. The van der Waals surface area contributed by atoms with Crippen LogP contribution in [0.4, 0.5) is 8.78 Å². The van der Waals surface area contributed by atoms with Crippen LogP contribution in [0.3, 0.4) is 0 Å². The van der Waals surface area contributed by atoms with Gasteiger partial charge in [0, 0.05) is 45.6 Å². The molecule has 2 aromatic carbocycles. The van der Waals surface area contributed by atoms with E-state index in [1.165, 1.54) is 24.4 Å². The molecule has 3 aromatic rings. The molecule has 0 radical (unpaired) electrons. The fourth-order valence-corrected chi connectivity index (χ4v) is 4.99. The van der Waals surface area contributed by atoms with E-state index in [0.29, 0.717) is 18.9 Å². The van der Waals surface area contributed by atoms with Crippen molar-refractivity contribution in [1.82, 2.24) is 19.9 Å².